The van der Waals surface area contributed by atoms with Gasteiger partial charge >= 0.3 is 5.97 Å². The van der Waals surface area contributed by atoms with E-state index in [1.54, 1.807) is 11.8 Å². The Morgan fingerprint density at radius 2 is 2.07 bits per heavy atom. The third kappa shape index (κ3) is 8.38. The lowest BCUT2D eigenvalue weighted by Crippen LogP contribution is -2.36. The number of nitrogens with one attached hydrogen (secondary N) is 1. The monoisotopic (exact) mass is 219 g/mol. The zero-order chi connectivity index (χ0) is 11.2. The minimum Gasteiger partial charge on any atom is -0.459 e. The van der Waals surface area contributed by atoms with Crippen LogP contribution in [0.15, 0.2) is 0 Å². The van der Waals surface area contributed by atoms with Gasteiger partial charge < -0.3 is 10.1 Å². The average Bonchev–Trinajstić information content (AvgIpc) is 1.98. The molecule has 1 unspecified atom stereocenters. The Labute approximate surface area is 91.0 Å². The summed E-state index contributed by atoms with van der Waals surface area (Å²) >= 11 is 1.76. The standard InChI is InChI=1S/C10H21NO2S/c1-8(7-14-5)11-6-9(12)13-10(2,3)4/h8,11H,6-7H2,1-5H3. The largest absolute Gasteiger partial charge is 0.459 e. The second-order valence-electron chi connectivity index (χ2n) is 4.32. The molecule has 4 heteroatoms. The van der Waals surface area contributed by atoms with E-state index in [9.17, 15) is 4.79 Å². The van der Waals surface area contributed by atoms with Crippen molar-refractivity contribution in [2.75, 3.05) is 18.6 Å². The summed E-state index contributed by atoms with van der Waals surface area (Å²) in [5.74, 6) is 0.813. The highest BCUT2D eigenvalue weighted by molar-refractivity contribution is 7.98. The molecular formula is C10H21NO2S. The van der Waals surface area contributed by atoms with Gasteiger partial charge in [-0.2, -0.15) is 11.8 Å². The second-order valence-corrected chi connectivity index (χ2v) is 5.23. The minimum atomic E-state index is -0.387. The van der Waals surface area contributed by atoms with E-state index in [0.717, 1.165) is 5.75 Å². The van der Waals surface area contributed by atoms with Crippen LogP contribution in [0.1, 0.15) is 27.7 Å². The molecule has 0 aliphatic heterocycles. The van der Waals surface area contributed by atoms with Crippen molar-refractivity contribution in [1.82, 2.24) is 5.32 Å². The predicted molar refractivity (Wildman–Crippen MR) is 61.7 cm³/mol. The van der Waals surface area contributed by atoms with Crippen molar-refractivity contribution >= 4 is 17.7 Å². The topological polar surface area (TPSA) is 38.3 Å². The third-order valence-electron chi connectivity index (χ3n) is 1.43. The lowest BCUT2D eigenvalue weighted by atomic mass is 10.2. The number of esters is 1. The maximum atomic E-state index is 11.3. The van der Waals surface area contributed by atoms with Crippen LogP contribution in [0.4, 0.5) is 0 Å². The Bertz CT molecular complexity index is 177. The van der Waals surface area contributed by atoms with Gasteiger partial charge in [-0.1, -0.05) is 0 Å². The molecule has 84 valence electrons. The zero-order valence-electron chi connectivity index (χ0n) is 9.72. The first-order valence-electron chi connectivity index (χ1n) is 4.79. The molecule has 0 rings (SSSR count). The van der Waals surface area contributed by atoms with Crippen molar-refractivity contribution in [3.8, 4) is 0 Å². The minimum absolute atomic E-state index is 0.189. The van der Waals surface area contributed by atoms with Crippen LogP contribution in [-0.4, -0.2) is 36.2 Å². The third-order valence-corrected chi connectivity index (χ3v) is 2.26. The van der Waals surface area contributed by atoms with Gasteiger partial charge in [0.1, 0.15) is 5.60 Å². The van der Waals surface area contributed by atoms with Gasteiger partial charge in [0, 0.05) is 11.8 Å². The molecule has 0 aromatic rings. The van der Waals surface area contributed by atoms with Gasteiger partial charge in [-0.15, -0.1) is 0 Å². The molecule has 0 aromatic carbocycles. The summed E-state index contributed by atoms with van der Waals surface area (Å²) in [6, 6.07) is 0.345. The Morgan fingerprint density at radius 1 is 1.50 bits per heavy atom. The van der Waals surface area contributed by atoms with Crippen molar-refractivity contribution in [2.45, 2.75) is 39.3 Å². The maximum Gasteiger partial charge on any atom is 0.320 e. The van der Waals surface area contributed by atoms with Crippen molar-refractivity contribution in [3.63, 3.8) is 0 Å². The summed E-state index contributed by atoms with van der Waals surface area (Å²) in [6.07, 6.45) is 2.05. The maximum absolute atomic E-state index is 11.3. The van der Waals surface area contributed by atoms with E-state index in [1.807, 2.05) is 27.0 Å². The number of hydrogen-bond donors (Lipinski definition) is 1. The molecule has 0 bridgehead atoms. The van der Waals surface area contributed by atoms with Crippen molar-refractivity contribution in [3.05, 3.63) is 0 Å². The van der Waals surface area contributed by atoms with Crippen LogP contribution in [0.25, 0.3) is 0 Å². The number of ether oxygens (including phenoxy) is 1. The normalized spacial score (nSPS) is 13.8. The van der Waals surface area contributed by atoms with E-state index in [-0.39, 0.29) is 11.6 Å². The molecule has 0 spiro atoms. The molecule has 1 N–H and O–H groups in total. The van der Waals surface area contributed by atoms with Gasteiger partial charge in [0.15, 0.2) is 0 Å². The van der Waals surface area contributed by atoms with E-state index in [1.165, 1.54) is 0 Å². The van der Waals surface area contributed by atoms with E-state index in [0.29, 0.717) is 12.6 Å². The quantitative estimate of drug-likeness (QED) is 0.714. The van der Waals surface area contributed by atoms with Crippen molar-refractivity contribution in [2.24, 2.45) is 0 Å². The highest BCUT2D eigenvalue weighted by atomic mass is 32.2. The van der Waals surface area contributed by atoms with Crippen LogP contribution in [0.2, 0.25) is 0 Å². The first-order valence-corrected chi connectivity index (χ1v) is 6.18. The van der Waals surface area contributed by atoms with Crippen LogP contribution in [0.5, 0.6) is 0 Å². The van der Waals surface area contributed by atoms with Crippen LogP contribution in [0.3, 0.4) is 0 Å². The predicted octanol–water partition coefficient (Wildman–Crippen LogP) is 1.67. The van der Waals surface area contributed by atoms with Crippen LogP contribution >= 0.6 is 11.8 Å². The molecule has 0 aliphatic rings. The summed E-state index contributed by atoms with van der Waals surface area (Å²) in [5.41, 5.74) is -0.387. The molecule has 3 nitrogen and oxygen atoms in total. The van der Waals surface area contributed by atoms with Crippen LogP contribution in [0, 0.1) is 0 Å². The van der Waals surface area contributed by atoms with Gasteiger partial charge in [-0.3, -0.25) is 4.79 Å². The Morgan fingerprint density at radius 3 is 2.50 bits per heavy atom. The molecule has 0 aromatic heterocycles. The summed E-state index contributed by atoms with van der Waals surface area (Å²) in [6.45, 7) is 7.96. The van der Waals surface area contributed by atoms with E-state index in [2.05, 4.69) is 12.2 Å². The van der Waals surface area contributed by atoms with E-state index >= 15 is 0 Å². The molecular weight excluding hydrogens is 198 g/mol. The SMILES string of the molecule is CSCC(C)NCC(=O)OC(C)(C)C. The average molecular weight is 219 g/mol. The molecule has 0 amide bonds. The highest BCUT2D eigenvalue weighted by Gasteiger charge is 2.16. The molecule has 0 fully saturated rings. The number of hydrogen-bond acceptors (Lipinski definition) is 4. The Balaban J connectivity index is 3.64. The summed E-state index contributed by atoms with van der Waals surface area (Å²) in [7, 11) is 0. The summed E-state index contributed by atoms with van der Waals surface area (Å²) < 4.78 is 5.16. The number of carbonyl (C=O) groups is 1. The molecule has 0 aliphatic carbocycles. The van der Waals surface area contributed by atoms with Crippen molar-refractivity contribution < 1.29 is 9.53 Å². The summed E-state index contributed by atoms with van der Waals surface area (Å²) in [4.78, 5) is 11.3. The number of carbonyl (C=O) groups excluding carboxylic acids is 1. The lowest BCUT2D eigenvalue weighted by molar-refractivity contribution is -0.153. The molecule has 14 heavy (non-hydrogen) atoms. The van der Waals surface area contributed by atoms with Gasteiger partial charge in [-0.05, 0) is 34.0 Å². The molecule has 0 heterocycles. The van der Waals surface area contributed by atoms with Crippen molar-refractivity contribution in [1.29, 1.82) is 0 Å². The van der Waals surface area contributed by atoms with Crippen LogP contribution in [-0.2, 0) is 9.53 Å². The Kier molecular flexibility index (Phi) is 6.20. The molecule has 1 atom stereocenters. The smallest absolute Gasteiger partial charge is 0.320 e. The zero-order valence-corrected chi connectivity index (χ0v) is 10.5. The lowest BCUT2D eigenvalue weighted by Gasteiger charge is -2.20. The van der Waals surface area contributed by atoms with E-state index in [4.69, 9.17) is 4.74 Å². The van der Waals surface area contributed by atoms with Crippen LogP contribution < -0.4 is 5.32 Å². The number of thioether (sulfide) groups is 1. The molecule has 0 saturated heterocycles. The molecule has 0 radical (unpaired) electrons. The first-order chi connectivity index (χ1) is 6.35. The second kappa shape index (κ2) is 6.30. The summed E-state index contributed by atoms with van der Waals surface area (Å²) in [5, 5.41) is 3.11. The van der Waals surface area contributed by atoms with Gasteiger partial charge in [0.25, 0.3) is 0 Å². The fourth-order valence-electron chi connectivity index (χ4n) is 0.944. The van der Waals surface area contributed by atoms with Gasteiger partial charge in [-0.25, -0.2) is 0 Å². The number of rotatable bonds is 5. The fraction of sp³-hybridized carbons (Fsp3) is 0.900. The highest BCUT2D eigenvalue weighted by Crippen LogP contribution is 2.06. The Hall–Kier alpha value is -0.220. The van der Waals surface area contributed by atoms with Gasteiger partial charge in [0.2, 0.25) is 0 Å². The van der Waals surface area contributed by atoms with E-state index < -0.39 is 0 Å². The van der Waals surface area contributed by atoms with Gasteiger partial charge in [0.05, 0.1) is 6.54 Å². The first kappa shape index (κ1) is 13.8. The fourth-order valence-corrected chi connectivity index (χ4v) is 1.56. The molecule has 0 saturated carbocycles.